The van der Waals surface area contributed by atoms with E-state index in [0.29, 0.717) is 25.6 Å². The largest absolute Gasteiger partial charge is 0.481 e. The average molecular weight is 230 g/mol. The summed E-state index contributed by atoms with van der Waals surface area (Å²) in [6, 6.07) is 0. The summed E-state index contributed by atoms with van der Waals surface area (Å²) in [7, 11) is 0. The van der Waals surface area contributed by atoms with Crippen molar-refractivity contribution in [1.29, 1.82) is 0 Å². The first-order chi connectivity index (χ1) is 7.60. The van der Waals surface area contributed by atoms with Crippen molar-refractivity contribution in [3.05, 3.63) is 0 Å². The standard InChI is InChI=1S/C12H22O4/c1-10-2-4-12(5-3-10,11(14)15)6-8-16-9-7-13/h10,13H,2-9H2,1H3,(H,14,15). The van der Waals surface area contributed by atoms with E-state index in [9.17, 15) is 9.90 Å². The Morgan fingerprint density at radius 2 is 2.00 bits per heavy atom. The fraction of sp³-hybridized carbons (Fsp3) is 0.917. The highest BCUT2D eigenvalue weighted by Crippen LogP contribution is 2.41. The highest BCUT2D eigenvalue weighted by molar-refractivity contribution is 5.74. The minimum Gasteiger partial charge on any atom is -0.481 e. The number of hydrogen-bond donors (Lipinski definition) is 2. The van der Waals surface area contributed by atoms with E-state index in [1.54, 1.807) is 0 Å². The molecular formula is C12H22O4. The van der Waals surface area contributed by atoms with E-state index in [0.717, 1.165) is 25.7 Å². The summed E-state index contributed by atoms with van der Waals surface area (Å²) in [5, 5.41) is 17.9. The molecule has 0 aromatic heterocycles. The Hall–Kier alpha value is -0.610. The maximum absolute atomic E-state index is 11.3. The minimum atomic E-state index is -0.688. The van der Waals surface area contributed by atoms with E-state index >= 15 is 0 Å². The van der Waals surface area contributed by atoms with Gasteiger partial charge in [-0.25, -0.2) is 0 Å². The zero-order chi connectivity index (χ0) is 12.0. The highest BCUT2D eigenvalue weighted by Gasteiger charge is 2.40. The molecular weight excluding hydrogens is 208 g/mol. The molecule has 0 unspecified atom stereocenters. The van der Waals surface area contributed by atoms with E-state index in [1.165, 1.54) is 0 Å². The molecule has 0 spiro atoms. The second kappa shape index (κ2) is 6.21. The van der Waals surface area contributed by atoms with Gasteiger partial charge < -0.3 is 14.9 Å². The molecule has 1 fully saturated rings. The van der Waals surface area contributed by atoms with Crippen LogP contribution in [0.5, 0.6) is 0 Å². The molecule has 0 aromatic rings. The van der Waals surface area contributed by atoms with Gasteiger partial charge in [0.15, 0.2) is 0 Å². The summed E-state index contributed by atoms with van der Waals surface area (Å²) < 4.78 is 5.17. The molecule has 0 heterocycles. The van der Waals surface area contributed by atoms with Crippen molar-refractivity contribution in [3.63, 3.8) is 0 Å². The van der Waals surface area contributed by atoms with Crippen molar-refractivity contribution in [2.24, 2.45) is 11.3 Å². The molecule has 0 bridgehead atoms. The Balaban J connectivity index is 2.43. The second-order valence-electron chi connectivity index (χ2n) is 4.85. The van der Waals surface area contributed by atoms with Crippen molar-refractivity contribution in [2.45, 2.75) is 39.0 Å². The van der Waals surface area contributed by atoms with E-state index < -0.39 is 11.4 Å². The van der Waals surface area contributed by atoms with Crippen LogP contribution in [0, 0.1) is 11.3 Å². The number of rotatable bonds is 6. The third kappa shape index (κ3) is 3.46. The van der Waals surface area contributed by atoms with Gasteiger partial charge in [-0.05, 0) is 38.0 Å². The van der Waals surface area contributed by atoms with E-state index in [1.807, 2.05) is 0 Å². The van der Waals surface area contributed by atoms with Crippen LogP contribution in [0.15, 0.2) is 0 Å². The number of carbonyl (C=O) groups is 1. The fourth-order valence-corrected chi connectivity index (χ4v) is 2.32. The van der Waals surface area contributed by atoms with Gasteiger partial charge in [0.1, 0.15) is 0 Å². The van der Waals surface area contributed by atoms with Crippen molar-refractivity contribution in [2.75, 3.05) is 19.8 Å². The zero-order valence-electron chi connectivity index (χ0n) is 9.95. The van der Waals surface area contributed by atoms with Gasteiger partial charge in [-0.1, -0.05) is 6.92 Å². The van der Waals surface area contributed by atoms with Crippen LogP contribution in [0.4, 0.5) is 0 Å². The van der Waals surface area contributed by atoms with Crippen LogP contribution in [-0.4, -0.2) is 36.0 Å². The van der Waals surface area contributed by atoms with Gasteiger partial charge in [-0.15, -0.1) is 0 Å². The Labute approximate surface area is 96.6 Å². The number of carboxylic acid groups (broad SMARTS) is 1. The first-order valence-electron chi connectivity index (χ1n) is 6.03. The van der Waals surface area contributed by atoms with E-state index in [2.05, 4.69) is 6.92 Å². The Kier molecular flexibility index (Phi) is 5.22. The third-order valence-electron chi connectivity index (χ3n) is 3.65. The summed E-state index contributed by atoms with van der Waals surface area (Å²) in [6.07, 6.45) is 4.06. The molecule has 1 aliphatic rings. The first kappa shape index (κ1) is 13.5. The molecule has 1 saturated carbocycles. The SMILES string of the molecule is CC1CCC(CCOCCO)(C(=O)O)CC1. The maximum atomic E-state index is 11.3. The lowest BCUT2D eigenvalue weighted by atomic mass is 9.69. The van der Waals surface area contributed by atoms with Crippen LogP contribution in [0.25, 0.3) is 0 Å². The van der Waals surface area contributed by atoms with Gasteiger partial charge in [0, 0.05) is 6.61 Å². The minimum absolute atomic E-state index is 0.00287. The molecule has 1 aliphatic carbocycles. The molecule has 4 nitrogen and oxygen atoms in total. The van der Waals surface area contributed by atoms with Crippen LogP contribution >= 0.6 is 0 Å². The quantitative estimate of drug-likeness (QED) is 0.681. The van der Waals surface area contributed by atoms with Crippen LogP contribution < -0.4 is 0 Å². The van der Waals surface area contributed by atoms with Crippen molar-refractivity contribution in [3.8, 4) is 0 Å². The summed E-state index contributed by atoms with van der Waals surface area (Å²) in [5.74, 6) is -0.0437. The van der Waals surface area contributed by atoms with Gasteiger partial charge in [-0.3, -0.25) is 4.79 Å². The molecule has 0 radical (unpaired) electrons. The van der Waals surface area contributed by atoms with Crippen LogP contribution in [0.2, 0.25) is 0 Å². The molecule has 0 aromatic carbocycles. The van der Waals surface area contributed by atoms with Crippen molar-refractivity contribution < 1.29 is 19.7 Å². The molecule has 2 N–H and O–H groups in total. The van der Waals surface area contributed by atoms with Gasteiger partial charge in [0.2, 0.25) is 0 Å². The summed E-state index contributed by atoms with van der Waals surface area (Å²) in [4.78, 5) is 11.3. The van der Waals surface area contributed by atoms with Gasteiger partial charge in [-0.2, -0.15) is 0 Å². The number of aliphatic carboxylic acids is 1. The monoisotopic (exact) mass is 230 g/mol. The third-order valence-corrected chi connectivity index (χ3v) is 3.65. The fourth-order valence-electron chi connectivity index (χ4n) is 2.32. The molecule has 1 rings (SSSR count). The molecule has 0 amide bonds. The number of ether oxygens (including phenoxy) is 1. The number of carboxylic acids is 1. The van der Waals surface area contributed by atoms with Crippen molar-refractivity contribution >= 4 is 5.97 Å². The molecule has 16 heavy (non-hydrogen) atoms. The molecule has 0 aliphatic heterocycles. The molecule has 94 valence electrons. The van der Waals surface area contributed by atoms with Gasteiger partial charge in [0.25, 0.3) is 0 Å². The average Bonchev–Trinajstić information content (AvgIpc) is 2.27. The first-order valence-corrected chi connectivity index (χ1v) is 6.03. The van der Waals surface area contributed by atoms with E-state index in [-0.39, 0.29) is 6.61 Å². The topological polar surface area (TPSA) is 66.8 Å². The normalized spacial score (nSPS) is 30.2. The highest BCUT2D eigenvalue weighted by atomic mass is 16.5. The number of aliphatic hydroxyl groups excluding tert-OH is 1. The lowest BCUT2D eigenvalue weighted by Crippen LogP contribution is -2.36. The zero-order valence-corrected chi connectivity index (χ0v) is 9.95. The number of aliphatic hydroxyl groups is 1. The van der Waals surface area contributed by atoms with Gasteiger partial charge >= 0.3 is 5.97 Å². The van der Waals surface area contributed by atoms with Crippen LogP contribution in [0.3, 0.4) is 0 Å². The summed E-state index contributed by atoms with van der Waals surface area (Å²) in [5.41, 5.74) is -0.581. The van der Waals surface area contributed by atoms with Crippen molar-refractivity contribution in [1.82, 2.24) is 0 Å². The lowest BCUT2D eigenvalue weighted by molar-refractivity contribution is -0.153. The molecule has 4 heteroatoms. The predicted octanol–water partition coefficient (Wildman–Crippen LogP) is 1.67. The molecule has 0 atom stereocenters. The van der Waals surface area contributed by atoms with E-state index in [4.69, 9.17) is 9.84 Å². The Morgan fingerprint density at radius 3 is 2.50 bits per heavy atom. The second-order valence-corrected chi connectivity index (χ2v) is 4.85. The predicted molar refractivity (Wildman–Crippen MR) is 60.2 cm³/mol. The summed E-state index contributed by atoms with van der Waals surface area (Å²) in [6.45, 7) is 2.90. The lowest BCUT2D eigenvalue weighted by Gasteiger charge is -2.35. The Morgan fingerprint density at radius 1 is 1.38 bits per heavy atom. The molecule has 0 saturated heterocycles. The van der Waals surface area contributed by atoms with Crippen LogP contribution in [0.1, 0.15) is 39.0 Å². The maximum Gasteiger partial charge on any atom is 0.309 e. The van der Waals surface area contributed by atoms with Gasteiger partial charge in [0.05, 0.1) is 18.6 Å². The summed E-state index contributed by atoms with van der Waals surface area (Å²) >= 11 is 0. The van der Waals surface area contributed by atoms with Crippen LogP contribution in [-0.2, 0) is 9.53 Å². The number of hydrogen-bond acceptors (Lipinski definition) is 3. The smallest absolute Gasteiger partial charge is 0.309 e. The Bertz CT molecular complexity index is 219.